The number of hydrogen-bond acceptors (Lipinski definition) is 2. The molecule has 0 unspecified atom stereocenters. The number of rotatable bonds is 6. The zero-order valence-electron chi connectivity index (χ0n) is 12.3. The van der Waals surface area contributed by atoms with Crippen molar-refractivity contribution in [1.82, 2.24) is 0 Å². The SMILES string of the molecule is C=C(C)CO[C@@H](C[S@](=O)C(C)(C)C)c1ccccc1. The monoisotopic (exact) mass is 280 g/mol. The van der Waals surface area contributed by atoms with Crippen molar-refractivity contribution in [1.29, 1.82) is 0 Å². The van der Waals surface area contributed by atoms with E-state index in [0.717, 1.165) is 11.1 Å². The minimum atomic E-state index is -0.937. The van der Waals surface area contributed by atoms with Gasteiger partial charge in [0.2, 0.25) is 0 Å². The highest BCUT2D eigenvalue weighted by Gasteiger charge is 2.24. The van der Waals surface area contributed by atoms with Gasteiger partial charge in [-0.25, -0.2) is 0 Å². The van der Waals surface area contributed by atoms with Crippen LogP contribution in [-0.2, 0) is 15.5 Å². The van der Waals surface area contributed by atoms with Crippen molar-refractivity contribution >= 4 is 10.8 Å². The molecule has 0 aromatic heterocycles. The highest BCUT2D eigenvalue weighted by atomic mass is 32.2. The van der Waals surface area contributed by atoms with Crippen molar-refractivity contribution in [3.63, 3.8) is 0 Å². The summed E-state index contributed by atoms with van der Waals surface area (Å²) in [4.78, 5) is 0. The Balaban J connectivity index is 2.81. The number of benzene rings is 1. The predicted octanol–water partition coefficient (Wildman–Crippen LogP) is 3.87. The van der Waals surface area contributed by atoms with E-state index in [9.17, 15) is 4.21 Å². The lowest BCUT2D eigenvalue weighted by molar-refractivity contribution is 0.0864. The Bertz CT molecular complexity index is 432. The van der Waals surface area contributed by atoms with E-state index >= 15 is 0 Å². The van der Waals surface area contributed by atoms with Gasteiger partial charge in [0.1, 0.15) is 0 Å². The van der Waals surface area contributed by atoms with Crippen molar-refractivity contribution < 1.29 is 8.95 Å². The van der Waals surface area contributed by atoms with Gasteiger partial charge in [-0.1, -0.05) is 42.5 Å². The van der Waals surface area contributed by atoms with Crippen LogP contribution >= 0.6 is 0 Å². The van der Waals surface area contributed by atoms with Gasteiger partial charge in [0, 0.05) is 15.5 Å². The third-order valence-corrected chi connectivity index (χ3v) is 4.66. The maximum Gasteiger partial charge on any atom is 0.0944 e. The van der Waals surface area contributed by atoms with Crippen molar-refractivity contribution in [2.75, 3.05) is 12.4 Å². The van der Waals surface area contributed by atoms with Gasteiger partial charge < -0.3 is 4.74 Å². The molecular formula is C16H24O2S. The van der Waals surface area contributed by atoms with Crippen LogP contribution in [0.3, 0.4) is 0 Å². The summed E-state index contributed by atoms with van der Waals surface area (Å²) in [5.41, 5.74) is 2.05. The van der Waals surface area contributed by atoms with E-state index in [2.05, 4.69) is 6.58 Å². The summed E-state index contributed by atoms with van der Waals surface area (Å²) in [5, 5.41) is 0. The Kier molecular flexibility index (Phi) is 5.95. The van der Waals surface area contributed by atoms with Gasteiger partial charge in [-0.3, -0.25) is 4.21 Å². The molecule has 0 saturated carbocycles. The smallest absolute Gasteiger partial charge is 0.0944 e. The van der Waals surface area contributed by atoms with Gasteiger partial charge in [-0.15, -0.1) is 0 Å². The molecular weight excluding hydrogens is 256 g/mol. The van der Waals surface area contributed by atoms with Crippen molar-refractivity contribution in [3.05, 3.63) is 48.0 Å². The van der Waals surface area contributed by atoms with Crippen LogP contribution in [-0.4, -0.2) is 21.3 Å². The Morgan fingerprint density at radius 2 is 1.89 bits per heavy atom. The van der Waals surface area contributed by atoms with Crippen LogP contribution in [0, 0.1) is 0 Å². The molecule has 0 bridgehead atoms. The van der Waals surface area contributed by atoms with Crippen molar-refractivity contribution in [2.45, 2.75) is 38.5 Å². The highest BCUT2D eigenvalue weighted by Crippen LogP contribution is 2.23. The summed E-state index contributed by atoms with van der Waals surface area (Å²) in [6.07, 6.45) is -0.141. The average molecular weight is 280 g/mol. The first kappa shape index (κ1) is 16.1. The van der Waals surface area contributed by atoms with Crippen LogP contribution in [0.1, 0.15) is 39.4 Å². The standard InChI is InChI=1S/C16H24O2S/c1-13(2)11-18-15(12-19(17)16(3,4)5)14-9-7-6-8-10-14/h6-10,15H,1,11-12H2,2-5H3/t15-,19-/m0/s1. The van der Waals surface area contributed by atoms with Crippen LogP contribution in [0.4, 0.5) is 0 Å². The van der Waals surface area contributed by atoms with E-state index in [-0.39, 0.29) is 10.9 Å². The Morgan fingerprint density at radius 1 is 1.32 bits per heavy atom. The van der Waals surface area contributed by atoms with Gasteiger partial charge in [-0.05, 0) is 33.3 Å². The fourth-order valence-corrected chi connectivity index (χ4v) is 2.60. The summed E-state index contributed by atoms with van der Waals surface area (Å²) in [7, 11) is -0.937. The molecule has 1 rings (SSSR count). The summed E-state index contributed by atoms with van der Waals surface area (Å²) in [5.74, 6) is 0.515. The minimum Gasteiger partial charge on any atom is -0.368 e. The first-order valence-corrected chi connectivity index (χ1v) is 7.82. The lowest BCUT2D eigenvalue weighted by Gasteiger charge is -2.23. The lowest BCUT2D eigenvalue weighted by Crippen LogP contribution is -2.27. The van der Waals surface area contributed by atoms with Crippen molar-refractivity contribution in [3.8, 4) is 0 Å². The average Bonchev–Trinajstić information content (AvgIpc) is 2.33. The molecule has 1 aromatic rings. The second-order valence-corrected chi connectivity index (χ2v) is 8.04. The van der Waals surface area contributed by atoms with E-state index < -0.39 is 10.8 Å². The molecule has 0 fully saturated rings. The van der Waals surface area contributed by atoms with Gasteiger partial charge in [0.15, 0.2) is 0 Å². The predicted molar refractivity (Wildman–Crippen MR) is 82.7 cm³/mol. The van der Waals surface area contributed by atoms with Gasteiger partial charge in [0.05, 0.1) is 18.5 Å². The summed E-state index contributed by atoms with van der Waals surface area (Å²) in [6, 6.07) is 9.96. The summed E-state index contributed by atoms with van der Waals surface area (Å²) < 4.78 is 17.9. The van der Waals surface area contributed by atoms with Gasteiger partial charge >= 0.3 is 0 Å². The van der Waals surface area contributed by atoms with Crippen LogP contribution in [0.2, 0.25) is 0 Å². The molecule has 0 spiro atoms. The van der Waals surface area contributed by atoms with Crippen LogP contribution in [0.5, 0.6) is 0 Å². The topological polar surface area (TPSA) is 26.3 Å². The normalized spacial score (nSPS) is 14.9. The molecule has 0 aliphatic heterocycles. The van der Waals surface area contributed by atoms with E-state index in [1.54, 1.807) is 0 Å². The zero-order valence-corrected chi connectivity index (χ0v) is 13.1. The molecule has 0 N–H and O–H groups in total. The second kappa shape index (κ2) is 7.01. The summed E-state index contributed by atoms with van der Waals surface area (Å²) >= 11 is 0. The molecule has 1 aromatic carbocycles. The van der Waals surface area contributed by atoms with Gasteiger partial charge in [-0.2, -0.15) is 0 Å². The Morgan fingerprint density at radius 3 is 2.37 bits per heavy atom. The fraction of sp³-hybridized carbons (Fsp3) is 0.500. The van der Waals surface area contributed by atoms with Crippen LogP contribution in [0.25, 0.3) is 0 Å². The zero-order chi connectivity index (χ0) is 14.5. The first-order valence-electron chi connectivity index (χ1n) is 6.50. The molecule has 2 atom stereocenters. The van der Waals surface area contributed by atoms with Crippen LogP contribution in [0.15, 0.2) is 42.5 Å². The molecule has 0 aliphatic carbocycles. The van der Waals surface area contributed by atoms with E-state index in [4.69, 9.17) is 4.74 Å². The second-order valence-electron chi connectivity index (χ2n) is 5.79. The largest absolute Gasteiger partial charge is 0.368 e. The summed E-state index contributed by atoms with van der Waals surface area (Å²) in [6.45, 7) is 12.3. The van der Waals surface area contributed by atoms with Crippen LogP contribution < -0.4 is 0 Å². The van der Waals surface area contributed by atoms with E-state index in [0.29, 0.717) is 12.4 Å². The molecule has 0 amide bonds. The molecule has 106 valence electrons. The number of hydrogen-bond donors (Lipinski definition) is 0. The fourth-order valence-electron chi connectivity index (χ4n) is 1.54. The minimum absolute atomic E-state index is 0.141. The highest BCUT2D eigenvalue weighted by molar-refractivity contribution is 7.86. The number of ether oxygens (including phenoxy) is 1. The molecule has 0 heterocycles. The molecule has 0 radical (unpaired) electrons. The molecule has 0 saturated heterocycles. The molecule has 0 aliphatic rings. The molecule has 3 heteroatoms. The third-order valence-electron chi connectivity index (χ3n) is 2.69. The van der Waals surface area contributed by atoms with Crippen molar-refractivity contribution in [2.24, 2.45) is 0 Å². The quantitative estimate of drug-likeness (QED) is 0.739. The first-order chi connectivity index (χ1) is 8.80. The van der Waals surface area contributed by atoms with E-state index in [1.807, 2.05) is 58.0 Å². The Labute approximate surface area is 119 Å². The lowest BCUT2D eigenvalue weighted by atomic mass is 10.1. The maximum absolute atomic E-state index is 12.3. The van der Waals surface area contributed by atoms with E-state index in [1.165, 1.54) is 0 Å². The third kappa shape index (κ3) is 5.70. The maximum atomic E-state index is 12.3. The molecule has 2 nitrogen and oxygen atoms in total. The Hall–Kier alpha value is -0.930. The molecule has 19 heavy (non-hydrogen) atoms. The van der Waals surface area contributed by atoms with Gasteiger partial charge in [0.25, 0.3) is 0 Å².